The highest BCUT2D eigenvalue weighted by atomic mass is 32.3. The Balaban J connectivity index is 5.49. The van der Waals surface area contributed by atoms with E-state index in [1.54, 1.807) is 13.8 Å². The summed E-state index contributed by atoms with van der Waals surface area (Å²) in [7, 11) is -9.81. The first-order valence-corrected chi connectivity index (χ1v) is 7.99. The summed E-state index contributed by atoms with van der Waals surface area (Å²) in [6, 6.07) is 0. The molecule has 0 aliphatic rings. The first-order chi connectivity index (χ1) is 8.23. The molecular weight excluding hydrogens is 297 g/mol. The molecule has 0 heterocycles. The Morgan fingerprint density at radius 1 is 1.17 bits per heavy atom. The highest BCUT2D eigenvalue weighted by molar-refractivity contribution is 7.99. The topological polar surface area (TPSA) is 76.0 Å². The molecular formula is C7H15F3N2O4S2. The van der Waals surface area contributed by atoms with Gasteiger partial charge in [-0.15, -0.1) is 0 Å². The van der Waals surface area contributed by atoms with Crippen molar-refractivity contribution < 1.29 is 30.3 Å². The normalized spacial score (nSPS) is 15.9. The van der Waals surface area contributed by atoms with Crippen LogP contribution in [-0.2, 0) is 24.6 Å². The van der Waals surface area contributed by atoms with Gasteiger partial charge in [0, 0.05) is 13.1 Å². The minimum Gasteiger partial charge on any atom is -0.211 e. The van der Waals surface area contributed by atoms with Crippen LogP contribution in [0.1, 0.15) is 26.7 Å². The van der Waals surface area contributed by atoms with Crippen LogP contribution in [0, 0.1) is 0 Å². The van der Waals surface area contributed by atoms with Crippen LogP contribution in [0.3, 0.4) is 0 Å². The van der Waals surface area contributed by atoms with Gasteiger partial charge in [0.1, 0.15) is 0 Å². The van der Waals surface area contributed by atoms with Gasteiger partial charge in [0.15, 0.2) is 0 Å². The fourth-order valence-electron chi connectivity index (χ4n) is 1.09. The van der Waals surface area contributed by atoms with Crippen LogP contribution in [0.5, 0.6) is 0 Å². The van der Waals surface area contributed by atoms with Crippen molar-refractivity contribution in [3.63, 3.8) is 0 Å². The van der Waals surface area contributed by atoms with E-state index in [1.165, 1.54) is 0 Å². The zero-order chi connectivity index (χ0) is 14.4. The molecule has 0 aliphatic heterocycles. The van der Waals surface area contributed by atoms with Crippen molar-refractivity contribution in [2.45, 2.75) is 32.4 Å². The third-order valence-corrected chi connectivity index (χ3v) is 5.02. The van der Waals surface area contributed by atoms with Crippen molar-refractivity contribution in [2.24, 2.45) is 3.77 Å². The van der Waals surface area contributed by atoms with Crippen LogP contribution in [-0.4, -0.2) is 35.8 Å². The fraction of sp³-hybridized carbons (Fsp3) is 1.00. The first kappa shape index (κ1) is 17.6. The van der Waals surface area contributed by atoms with Crippen molar-refractivity contribution in [3.8, 4) is 0 Å². The number of alkyl halides is 2. The zero-order valence-corrected chi connectivity index (χ0v) is 11.5. The van der Waals surface area contributed by atoms with Crippen LogP contribution in [0.25, 0.3) is 0 Å². The Hall–Kier alpha value is -0.390. The van der Waals surface area contributed by atoms with Gasteiger partial charge in [-0.1, -0.05) is 22.0 Å². The molecule has 11 heteroatoms. The average molecular weight is 312 g/mol. The molecule has 6 nitrogen and oxygen atoms in total. The molecule has 0 fully saturated rings. The summed E-state index contributed by atoms with van der Waals surface area (Å²) in [5.74, 6) is -3.86. The summed E-state index contributed by atoms with van der Waals surface area (Å²) in [5, 5.41) is 0. The number of halogens is 3. The van der Waals surface area contributed by atoms with Gasteiger partial charge in [0.2, 0.25) is 0 Å². The Morgan fingerprint density at radius 3 is 1.89 bits per heavy atom. The Bertz CT molecular complexity index is 453. The largest absolute Gasteiger partial charge is 0.346 e. The van der Waals surface area contributed by atoms with Crippen LogP contribution in [0.15, 0.2) is 3.77 Å². The lowest BCUT2D eigenvalue weighted by Crippen LogP contribution is -2.32. The van der Waals surface area contributed by atoms with Crippen LogP contribution in [0.2, 0.25) is 0 Å². The van der Waals surface area contributed by atoms with Gasteiger partial charge >= 0.3 is 16.0 Å². The molecule has 110 valence electrons. The smallest absolute Gasteiger partial charge is 0.211 e. The summed E-state index contributed by atoms with van der Waals surface area (Å²) >= 11 is 0. The molecule has 1 atom stereocenters. The van der Waals surface area contributed by atoms with Gasteiger partial charge in [0.05, 0.1) is 0 Å². The third kappa shape index (κ3) is 4.71. The lowest BCUT2D eigenvalue weighted by molar-refractivity contribution is -0.000817. The molecule has 0 spiro atoms. The van der Waals surface area contributed by atoms with Crippen molar-refractivity contribution in [1.29, 1.82) is 0 Å². The minimum absolute atomic E-state index is 0.00468. The summed E-state index contributed by atoms with van der Waals surface area (Å²) in [6.07, 6.45) is 0.808. The molecule has 0 saturated carbocycles. The van der Waals surface area contributed by atoms with E-state index >= 15 is 0 Å². The van der Waals surface area contributed by atoms with Gasteiger partial charge in [-0.05, 0) is 17.4 Å². The van der Waals surface area contributed by atoms with E-state index in [9.17, 15) is 25.9 Å². The van der Waals surface area contributed by atoms with Crippen LogP contribution >= 0.6 is 0 Å². The highest BCUT2D eigenvalue weighted by Crippen LogP contribution is 2.17. The number of rotatable bonds is 8. The molecule has 0 amide bonds. The molecule has 18 heavy (non-hydrogen) atoms. The van der Waals surface area contributed by atoms with Gasteiger partial charge < -0.3 is 0 Å². The standard InChI is InChI=1S/C7H15F3N2O4S2/c1-3-5-12(6-4-2)18(14,15)11-17(13,16-10)7(8)9/h7H,3-6H2,1-2H3. The summed E-state index contributed by atoms with van der Waals surface area (Å²) in [6.45, 7) is 3.33. The van der Waals surface area contributed by atoms with Gasteiger partial charge in [0.25, 0.3) is 10.0 Å². The molecule has 0 aromatic carbocycles. The lowest BCUT2D eigenvalue weighted by Gasteiger charge is -2.17. The molecule has 0 N–H and O–H groups in total. The van der Waals surface area contributed by atoms with E-state index in [4.69, 9.17) is 0 Å². The molecule has 0 rings (SSSR count). The second-order valence-electron chi connectivity index (χ2n) is 3.29. The molecule has 0 saturated heterocycles. The maximum Gasteiger partial charge on any atom is 0.346 e. The molecule has 1 unspecified atom stereocenters. The van der Waals surface area contributed by atoms with Gasteiger partial charge in [-0.25, -0.2) is 4.21 Å². The molecule has 0 aliphatic carbocycles. The summed E-state index contributed by atoms with van der Waals surface area (Å²) in [5.41, 5.74) is 0. The lowest BCUT2D eigenvalue weighted by atomic mass is 10.4. The number of hydrogen-bond donors (Lipinski definition) is 0. The molecule has 0 radical (unpaired) electrons. The van der Waals surface area contributed by atoms with E-state index < -0.39 is 26.0 Å². The predicted molar refractivity (Wildman–Crippen MR) is 59.8 cm³/mol. The van der Waals surface area contributed by atoms with Gasteiger partial charge in [-0.3, -0.25) is 0 Å². The van der Waals surface area contributed by atoms with Crippen molar-refractivity contribution >= 4 is 20.2 Å². The molecule has 0 aromatic rings. The van der Waals surface area contributed by atoms with Crippen molar-refractivity contribution in [2.75, 3.05) is 13.1 Å². The van der Waals surface area contributed by atoms with E-state index in [-0.39, 0.29) is 13.1 Å². The van der Waals surface area contributed by atoms with E-state index in [0.29, 0.717) is 12.8 Å². The Kier molecular flexibility index (Phi) is 7.10. The fourth-order valence-corrected chi connectivity index (χ4v) is 3.75. The quantitative estimate of drug-likeness (QED) is 0.685. The Labute approximate surface area is 105 Å². The summed E-state index contributed by atoms with van der Waals surface area (Å²) < 4.78 is 76.2. The van der Waals surface area contributed by atoms with Crippen molar-refractivity contribution in [1.82, 2.24) is 4.31 Å². The maximum atomic E-state index is 12.2. The number of hydrogen-bond acceptors (Lipinski definition) is 4. The van der Waals surface area contributed by atoms with Crippen LogP contribution < -0.4 is 0 Å². The van der Waals surface area contributed by atoms with E-state index in [0.717, 1.165) is 4.31 Å². The average Bonchev–Trinajstić information content (AvgIpc) is 2.27. The SMILES string of the molecule is CCCN(CCC)S(=O)(=O)N=S(=O)(OF)C(F)F. The second-order valence-corrected chi connectivity index (χ2v) is 6.81. The molecule has 0 aromatic heterocycles. The number of nitrogens with zero attached hydrogens (tertiary/aromatic N) is 2. The summed E-state index contributed by atoms with van der Waals surface area (Å²) in [4.78, 5) is 0. The monoisotopic (exact) mass is 312 g/mol. The molecule has 0 bridgehead atoms. The van der Waals surface area contributed by atoms with E-state index in [1.807, 2.05) is 0 Å². The van der Waals surface area contributed by atoms with Crippen LogP contribution in [0.4, 0.5) is 13.3 Å². The predicted octanol–water partition coefficient (Wildman–Crippen LogP) is 1.86. The first-order valence-electron chi connectivity index (χ1n) is 5.09. The second kappa shape index (κ2) is 7.26. The zero-order valence-electron chi connectivity index (χ0n) is 9.88. The maximum absolute atomic E-state index is 12.2. The van der Waals surface area contributed by atoms with Crippen molar-refractivity contribution in [3.05, 3.63) is 0 Å². The minimum atomic E-state index is -5.19. The Morgan fingerprint density at radius 2 is 1.61 bits per heavy atom. The van der Waals surface area contributed by atoms with E-state index in [2.05, 4.69) is 8.16 Å². The van der Waals surface area contributed by atoms with Gasteiger partial charge in [-0.2, -0.15) is 21.5 Å². The highest BCUT2D eigenvalue weighted by Gasteiger charge is 2.31. The third-order valence-electron chi connectivity index (χ3n) is 1.79.